The number of ether oxygens (including phenoxy) is 1. The maximum Gasteiger partial charge on any atom is 0.407 e. The predicted octanol–water partition coefficient (Wildman–Crippen LogP) is 2.48. The van der Waals surface area contributed by atoms with Gasteiger partial charge < -0.3 is 15.0 Å². The van der Waals surface area contributed by atoms with E-state index in [2.05, 4.69) is 5.32 Å². The van der Waals surface area contributed by atoms with E-state index in [1.807, 2.05) is 0 Å². The monoisotopic (exact) mass is 308 g/mol. The molecule has 1 aliphatic rings. The Bertz CT molecular complexity index is 562. The summed E-state index contributed by atoms with van der Waals surface area (Å²) < 4.78 is 18.4. The molecule has 1 aromatic rings. The van der Waals surface area contributed by atoms with Crippen LogP contribution >= 0.6 is 0 Å². The first-order valence-electron chi connectivity index (χ1n) is 7.50. The van der Waals surface area contributed by atoms with Crippen LogP contribution in [-0.2, 0) is 4.74 Å². The van der Waals surface area contributed by atoms with Crippen LogP contribution in [0.15, 0.2) is 18.2 Å². The molecule has 0 bridgehead atoms. The molecule has 120 valence electrons. The van der Waals surface area contributed by atoms with Crippen molar-refractivity contribution in [2.75, 3.05) is 19.7 Å². The van der Waals surface area contributed by atoms with Crippen LogP contribution in [0.1, 0.15) is 35.7 Å². The molecule has 0 aliphatic carbocycles. The largest absolute Gasteiger partial charge is 0.450 e. The molecule has 1 fully saturated rings. The van der Waals surface area contributed by atoms with Crippen LogP contribution in [0.5, 0.6) is 0 Å². The van der Waals surface area contributed by atoms with E-state index in [1.54, 1.807) is 30.9 Å². The summed E-state index contributed by atoms with van der Waals surface area (Å²) in [6.07, 6.45) is 1.12. The van der Waals surface area contributed by atoms with Gasteiger partial charge in [-0.25, -0.2) is 9.18 Å². The zero-order valence-electron chi connectivity index (χ0n) is 12.9. The third-order valence-corrected chi connectivity index (χ3v) is 3.72. The first-order valence-corrected chi connectivity index (χ1v) is 7.50. The van der Waals surface area contributed by atoms with E-state index in [-0.39, 0.29) is 17.8 Å². The van der Waals surface area contributed by atoms with Gasteiger partial charge in [0.25, 0.3) is 5.91 Å². The second-order valence-corrected chi connectivity index (χ2v) is 5.42. The van der Waals surface area contributed by atoms with Crippen LogP contribution < -0.4 is 5.32 Å². The number of amides is 2. The van der Waals surface area contributed by atoms with E-state index >= 15 is 0 Å². The standard InChI is InChI=1S/C16H21FN2O3/c1-3-22-16(21)18-13-5-4-8-19(10-13)15(20)12-7-6-11(2)14(17)9-12/h6-7,9,13H,3-5,8,10H2,1-2H3,(H,18,21)/t13-/m1/s1. The number of halogens is 1. The van der Waals surface area contributed by atoms with Crippen molar-refractivity contribution in [1.82, 2.24) is 10.2 Å². The van der Waals surface area contributed by atoms with E-state index < -0.39 is 6.09 Å². The van der Waals surface area contributed by atoms with Crippen LogP contribution in [0.25, 0.3) is 0 Å². The van der Waals surface area contributed by atoms with Gasteiger partial charge in [-0.1, -0.05) is 6.07 Å². The first kappa shape index (κ1) is 16.3. The molecule has 1 saturated heterocycles. The quantitative estimate of drug-likeness (QED) is 0.933. The number of hydrogen-bond acceptors (Lipinski definition) is 3. The first-order chi connectivity index (χ1) is 10.5. The summed E-state index contributed by atoms with van der Waals surface area (Å²) in [5.41, 5.74) is 0.844. The number of hydrogen-bond donors (Lipinski definition) is 1. The minimum Gasteiger partial charge on any atom is -0.450 e. The lowest BCUT2D eigenvalue weighted by atomic mass is 10.0. The Kier molecular flexibility index (Phi) is 5.35. The van der Waals surface area contributed by atoms with Gasteiger partial charge in [-0.2, -0.15) is 0 Å². The highest BCUT2D eigenvalue weighted by Gasteiger charge is 2.26. The fourth-order valence-corrected chi connectivity index (χ4v) is 2.53. The van der Waals surface area contributed by atoms with Crippen molar-refractivity contribution in [2.24, 2.45) is 0 Å². The molecule has 0 saturated carbocycles. The maximum absolute atomic E-state index is 13.6. The molecule has 5 nitrogen and oxygen atoms in total. The summed E-state index contributed by atoms with van der Waals surface area (Å²) in [4.78, 5) is 25.5. The van der Waals surface area contributed by atoms with E-state index in [4.69, 9.17) is 4.74 Å². The minimum atomic E-state index is -0.469. The normalized spacial score (nSPS) is 18.0. The lowest BCUT2D eigenvalue weighted by Gasteiger charge is -2.33. The third kappa shape index (κ3) is 3.96. The topological polar surface area (TPSA) is 58.6 Å². The molecule has 1 N–H and O–H groups in total. The molecule has 6 heteroatoms. The summed E-state index contributed by atoms with van der Waals surface area (Å²) in [6.45, 7) is 4.72. The van der Waals surface area contributed by atoms with Crippen LogP contribution in [0.3, 0.4) is 0 Å². The average Bonchev–Trinajstić information content (AvgIpc) is 2.50. The zero-order valence-corrected chi connectivity index (χ0v) is 12.9. The molecule has 0 unspecified atom stereocenters. The van der Waals surface area contributed by atoms with Gasteiger partial charge in [0.1, 0.15) is 5.82 Å². The molecular weight excluding hydrogens is 287 g/mol. The molecule has 1 atom stereocenters. The summed E-state index contributed by atoms with van der Waals surface area (Å²) in [5, 5.41) is 2.75. The number of benzene rings is 1. The van der Waals surface area contributed by atoms with Crippen molar-refractivity contribution in [1.29, 1.82) is 0 Å². The van der Waals surface area contributed by atoms with E-state index in [0.717, 1.165) is 12.8 Å². The van der Waals surface area contributed by atoms with Gasteiger partial charge >= 0.3 is 6.09 Å². The molecule has 0 spiro atoms. The second kappa shape index (κ2) is 7.24. The average molecular weight is 308 g/mol. The van der Waals surface area contributed by atoms with E-state index in [9.17, 15) is 14.0 Å². The number of carbonyl (C=O) groups is 2. The number of nitrogens with one attached hydrogen (secondary N) is 1. The zero-order chi connectivity index (χ0) is 16.1. The SMILES string of the molecule is CCOC(=O)N[C@@H]1CCCN(C(=O)c2ccc(C)c(F)c2)C1. The van der Waals surface area contributed by atoms with Crippen molar-refractivity contribution in [3.05, 3.63) is 35.1 Å². The van der Waals surface area contributed by atoms with Crippen molar-refractivity contribution < 1.29 is 18.7 Å². The highest BCUT2D eigenvalue weighted by molar-refractivity contribution is 5.94. The fourth-order valence-electron chi connectivity index (χ4n) is 2.53. The lowest BCUT2D eigenvalue weighted by Crippen LogP contribution is -2.49. The maximum atomic E-state index is 13.6. The van der Waals surface area contributed by atoms with Gasteiger partial charge in [-0.15, -0.1) is 0 Å². The number of alkyl carbamates (subject to hydrolysis) is 1. The van der Waals surface area contributed by atoms with Gasteiger partial charge in [-0.3, -0.25) is 4.79 Å². The van der Waals surface area contributed by atoms with Gasteiger partial charge in [0.05, 0.1) is 6.61 Å². The predicted molar refractivity (Wildman–Crippen MR) is 80.2 cm³/mol. The Morgan fingerprint density at radius 2 is 2.23 bits per heavy atom. The molecule has 1 aliphatic heterocycles. The highest BCUT2D eigenvalue weighted by atomic mass is 19.1. The molecule has 1 aromatic carbocycles. The van der Waals surface area contributed by atoms with Crippen molar-refractivity contribution in [3.8, 4) is 0 Å². The van der Waals surface area contributed by atoms with Crippen molar-refractivity contribution >= 4 is 12.0 Å². The van der Waals surface area contributed by atoms with Crippen LogP contribution in [0.4, 0.5) is 9.18 Å². The molecule has 2 rings (SSSR count). The number of carbonyl (C=O) groups excluding carboxylic acids is 2. The molecule has 1 heterocycles. The fraction of sp³-hybridized carbons (Fsp3) is 0.500. The Morgan fingerprint density at radius 1 is 1.45 bits per heavy atom. The third-order valence-electron chi connectivity index (χ3n) is 3.72. The number of nitrogens with zero attached hydrogens (tertiary/aromatic N) is 1. The van der Waals surface area contributed by atoms with Crippen LogP contribution in [-0.4, -0.2) is 42.6 Å². The second-order valence-electron chi connectivity index (χ2n) is 5.42. The summed E-state index contributed by atoms with van der Waals surface area (Å²) in [6, 6.07) is 4.36. The molecule has 0 aromatic heterocycles. The highest BCUT2D eigenvalue weighted by Crippen LogP contribution is 2.16. The van der Waals surface area contributed by atoms with Gasteiger partial charge in [0.15, 0.2) is 0 Å². The molecule has 2 amide bonds. The molecular formula is C16H21FN2O3. The Morgan fingerprint density at radius 3 is 2.91 bits per heavy atom. The Labute approximate surface area is 129 Å². The molecule has 0 radical (unpaired) electrons. The van der Waals surface area contributed by atoms with Crippen LogP contribution in [0, 0.1) is 12.7 Å². The van der Waals surface area contributed by atoms with E-state index in [0.29, 0.717) is 30.8 Å². The summed E-state index contributed by atoms with van der Waals surface area (Å²) >= 11 is 0. The van der Waals surface area contributed by atoms with E-state index in [1.165, 1.54) is 6.07 Å². The lowest BCUT2D eigenvalue weighted by molar-refractivity contribution is 0.0685. The van der Waals surface area contributed by atoms with Gasteiger partial charge in [-0.05, 0) is 44.4 Å². The summed E-state index contributed by atoms with van der Waals surface area (Å²) in [7, 11) is 0. The van der Waals surface area contributed by atoms with Crippen molar-refractivity contribution in [3.63, 3.8) is 0 Å². The van der Waals surface area contributed by atoms with Crippen molar-refractivity contribution in [2.45, 2.75) is 32.7 Å². The molecule has 22 heavy (non-hydrogen) atoms. The van der Waals surface area contributed by atoms with Gasteiger partial charge in [0, 0.05) is 24.7 Å². The van der Waals surface area contributed by atoms with Gasteiger partial charge in [0.2, 0.25) is 0 Å². The number of rotatable bonds is 3. The Balaban J connectivity index is 2.00. The van der Waals surface area contributed by atoms with Crippen LogP contribution in [0.2, 0.25) is 0 Å². The number of piperidine rings is 1. The summed E-state index contributed by atoms with van der Waals surface area (Å²) in [5.74, 6) is -0.599. The number of aryl methyl sites for hydroxylation is 1. The Hall–Kier alpha value is -2.11. The minimum absolute atomic E-state index is 0.132. The smallest absolute Gasteiger partial charge is 0.407 e. The number of likely N-dealkylation sites (tertiary alicyclic amines) is 1.